The molecule has 6 nitrogen and oxygen atoms in total. The molecule has 0 unspecified atom stereocenters. The van der Waals surface area contributed by atoms with Crippen LogP contribution in [-0.4, -0.2) is 29.5 Å². The van der Waals surface area contributed by atoms with E-state index in [1.54, 1.807) is 44.6 Å². The molecular formula is C24H22FN3O3. The van der Waals surface area contributed by atoms with Crippen LogP contribution in [0.25, 0.3) is 16.9 Å². The number of carbonyl (C=O) groups is 1. The van der Waals surface area contributed by atoms with E-state index in [0.717, 1.165) is 22.6 Å². The van der Waals surface area contributed by atoms with Crippen LogP contribution in [0.15, 0.2) is 66.9 Å². The molecule has 2 aromatic carbocycles. The molecule has 0 saturated carbocycles. The number of hydrogen-bond acceptors (Lipinski definition) is 4. The highest BCUT2D eigenvalue weighted by Gasteiger charge is 2.16. The van der Waals surface area contributed by atoms with E-state index < -0.39 is 0 Å². The molecule has 158 valence electrons. The molecule has 0 aliphatic rings. The standard InChI is InChI=1S/C24H22FN3O3/c1-30-18-10-12-21(31-2)19(15-18)26-23(29)13-11-20-24(16-6-8-17(25)9-7-16)27-22-5-3-4-14-28(20)22/h3-10,12,14-15H,11,13H2,1-2H3,(H,26,29). The minimum atomic E-state index is -0.305. The Bertz CT molecular complexity index is 1220. The lowest BCUT2D eigenvalue weighted by molar-refractivity contribution is -0.116. The summed E-state index contributed by atoms with van der Waals surface area (Å²) in [5, 5.41) is 2.89. The first kappa shape index (κ1) is 20.4. The largest absolute Gasteiger partial charge is 0.497 e. The molecule has 1 amide bonds. The van der Waals surface area contributed by atoms with Gasteiger partial charge in [0, 0.05) is 24.2 Å². The number of benzene rings is 2. The molecule has 0 fully saturated rings. The Labute approximate surface area is 179 Å². The Morgan fingerprint density at radius 1 is 1.06 bits per heavy atom. The first-order valence-corrected chi connectivity index (χ1v) is 9.83. The molecule has 4 rings (SSSR count). The Kier molecular flexibility index (Phi) is 5.84. The fraction of sp³-hybridized carbons (Fsp3) is 0.167. The summed E-state index contributed by atoms with van der Waals surface area (Å²) in [5.41, 5.74) is 3.73. The van der Waals surface area contributed by atoms with Crippen molar-refractivity contribution < 1.29 is 18.7 Å². The molecule has 4 aromatic rings. The van der Waals surface area contributed by atoms with E-state index in [4.69, 9.17) is 14.5 Å². The van der Waals surface area contributed by atoms with Crippen LogP contribution >= 0.6 is 0 Å². The van der Waals surface area contributed by atoms with Crippen LogP contribution in [0, 0.1) is 5.82 Å². The zero-order chi connectivity index (χ0) is 21.8. The van der Waals surface area contributed by atoms with Gasteiger partial charge in [0.15, 0.2) is 0 Å². The third-order valence-corrected chi connectivity index (χ3v) is 5.02. The van der Waals surface area contributed by atoms with Gasteiger partial charge < -0.3 is 19.2 Å². The monoisotopic (exact) mass is 419 g/mol. The second-order valence-electron chi connectivity index (χ2n) is 6.96. The van der Waals surface area contributed by atoms with Crippen molar-refractivity contribution in [2.24, 2.45) is 0 Å². The van der Waals surface area contributed by atoms with E-state index in [2.05, 4.69) is 5.32 Å². The Balaban J connectivity index is 1.58. The number of fused-ring (bicyclic) bond motifs is 1. The lowest BCUT2D eigenvalue weighted by atomic mass is 10.1. The average molecular weight is 419 g/mol. The first-order valence-electron chi connectivity index (χ1n) is 9.83. The van der Waals surface area contributed by atoms with Crippen LogP contribution in [-0.2, 0) is 11.2 Å². The molecule has 0 atom stereocenters. The van der Waals surface area contributed by atoms with Crippen LogP contribution in [0.2, 0.25) is 0 Å². The van der Waals surface area contributed by atoms with Crippen molar-refractivity contribution >= 4 is 17.2 Å². The summed E-state index contributed by atoms with van der Waals surface area (Å²) in [5.74, 6) is 0.704. The highest BCUT2D eigenvalue weighted by molar-refractivity contribution is 5.92. The number of hydrogen-bond donors (Lipinski definition) is 1. The van der Waals surface area contributed by atoms with E-state index in [9.17, 15) is 9.18 Å². The van der Waals surface area contributed by atoms with E-state index in [1.165, 1.54) is 12.1 Å². The number of imidazole rings is 1. The van der Waals surface area contributed by atoms with Crippen molar-refractivity contribution in [1.29, 1.82) is 0 Å². The van der Waals surface area contributed by atoms with E-state index in [-0.39, 0.29) is 18.1 Å². The number of aromatic nitrogens is 2. The zero-order valence-corrected chi connectivity index (χ0v) is 17.3. The summed E-state index contributed by atoms with van der Waals surface area (Å²) in [4.78, 5) is 17.4. The SMILES string of the molecule is COc1ccc(OC)c(NC(=O)CCc2c(-c3ccc(F)cc3)nc3ccccn23)c1. The van der Waals surface area contributed by atoms with Gasteiger partial charge in [0.25, 0.3) is 0 Å². The van der Waals surface area contributed by atoms with Crippen molar-refractivity contribution in [1.82, 2.24) is 9.38 Å². The van der Waals surface area contributed by atoms with Crippen molar-refractivity contribution in [3.8, 4) is 22.8 Å². The number of rotatable bonds is 7. The quantitative estimate of drug-likeness (QED) is 0.470. The fourth-order valence-corrected chi connectivity index (χ4v) is 3.48. The van der Waals surface area contributed by atoms with E-state index >= 15 is 0 Å². The summed E-state index contributed by atoms with van der Waals surface area (Å²) in [6.07, 6.45) is 2.60. The van der Waals surface area contributed by atoms with Crippen LogP contribution in [0.4, 0.5) is 10.1 Å². The number of anilines is 1. The summed E-state index contributed by atoms with van der Waals surface area (Å²) in [6.45, 7) is 0. The lowest BCUT2D eigenvalue weighted by Gasteiger charge is -2.12. The van der Waals surface area contributed by atoms with E-state index in [0.29, 0.717) is 23.6 Å². The van der Waals surface area contributed by atoms with Gasteiger partial charge in [-0.05, 0) is 55.0 Å². The van der Waals surface area contributed by atoms with Gasteiger partial charge in [-0.25, -0.2) is 9.37 Å². The van der Waals surface area contributed by atoms with Crippen molar-refractivity contribution in [2.75, 3.05) is 19.5 Å². The summed E-state index contributed by atoms with van der Waals surface area (Å²) in [7, 11) is 3.11. The second kappa shape index (κ2) is 8.87. The number of aryl methyl sites for hydroxylation is 1. The third kappa shape index (κ3) is 4.35. The molecule has 0 aliphatic heterocycles. The van der Waals surface area contributed by atoms with Gasteiger partial charge in [-0.15, -0.1) is 0 Å². The summed E-state index contributed by atoms with van der Waals surface area (Å²) < 4.78 is 25.9. The highest BCUT2D eigenvalue weighted by atomic mass is 19.1. The Morgan fingerprint density at radius 3 is 2.61 bits per heavy atom. The number of halogens is 1. The van der Waals surface area contributed by atoms with Gasteiger partial charge in [0.05, 0.1) is 31.3 Å². The van der Waals surface area contributed by atoms with Crippen LogP contribution in [0.5, 0.6) is 11.5 Å². The Morgan fingerprint density at radius 2 is 1.87 bits per heavy atom. The van der Waals surface area contributed by atoms with Gasteiger partial charge in [-0.2, -0.15) is 0 Å². The number of methoxy groups -OCH3 is 2. The zero-order valence-electron chi connectivity index (χ0n) is 17.3. The predicted octanol–water partition coefficient (Wildman–Crippen LogP) is 4.73. The minimum Gasteiger partial charge on any atom is -0.497 e. The number of nitrogens with zero attached hydrogens (tertiary/aromatic N) is 2. The number of pyridine rings is 1. The van der Waals surface area contributed by atoms with Gasteiger partial charge in [-0.1, -0.05) is 6.07 Å². The fourth-order valence-electron chi connectivity index (χ4n) is 3.48. The molecule has 0 saturated heterocycles. The molecule has 7 heteroatoms. The highest BCUT2D eigenvalue weighted by Crippen LogP contribution is 2.30. The van der Waals surface area contributed by atoms with Gasteiger partial charge in [-0.3, -0.25) is 4.79 Å². The van der Waals surface area contributed by atoms with Crippen LogP contribution in [0.3, 0.4) is 0 Å². The number of ether oxygens (including phenoxy) is 2. The van der Waals surface area contributed by atoms with Crippen molar-refractivity contribution in [3.63, 3.8) is 0 Å². The average Bonchev–Trinajstić information content (AvgIpc) is 3.16. The third-order valence-electron chi connectivity index (χ3n) is 5.02. The molecule has 2 heterocycles. The number of amides is 1. The maximum atomic E-state index is 13.4. The molecule has 0 bridgehead atoms. The van der Waals surface area contributed by atoms with Gasteiger partial charge in [0.1, 0.15) is 23.0 Å². The lowest BCUT2D eigenvalue weighted by Crippen LogP contribution is -2.14. The molecule has 0 aliphatic carbocycles. The smallest absolute Gasteiger partial charge is 0.224 e. The molecular weight excluding hydrogens is 397 g/mol. The van der Waals surface area contributed by atoms with Crippen LogP contribution in [0.1, 0.15) is 12.1 Å². The molecule has 1 N–H and O–H groups in total. The number of nitrogens with one attached hydrogen (secondary N) is 1. The van der Waals surface area contributed by atoms with Gasteiger partial charge >= 0.3 is 0 Å². The predicted molar refractivity (Wildman–Crippen MR) is 117 cm³/mol. The van der Waals surface area contributed by atoms with Crippen molar-refractivity contribution in [3.05, 3.63) is 78.4 Å². The normalized spacial score (nSPS) is 10.8. The molecule has 0 radical (unpaired) electrons. The number of carbonyl (C=O) groups excluding carboxylic acids is 1. The van der Waals surface area contributed by atoms with Gasteiger partial charge in [0.2, 0.25) is 5.91 Å². The molecule has 0 spiro atoms. The minimum absolute atomic E-state index is 0.164. The summed E-state index contributed by atoms with van der Waals surface area (Å²) >= 11 is 0. The summed E-state index contributed by atoms with van der Waals surface area (Å²) in [6, 6.07) is 17.1. The topological polar surface area (TPSA) is 64.9 Å². The van der Waals surface area contributed by atoms with Crippen LogP contribution < -0.4 is 14.8 Å². The molecule has 31 heavy (non-hydrogen) atoms. The Hall–Kier alpha value is -3.87. The second-order valence-corrected chi connectivity index (χ2v) is 6.96. The maximum Gasteiger partial charge on any atom is 0.224 e. The maximum absolute atomic E-state index is 13.4. The molecule has 2 aromatic heterocycles. The van der Waals surface area contributed by atoms with Crippen molar-refractivity contribution in [2.45, 2.75) is 12.8 Å². The first-order chi connectivity index (χ1) is 15.1. The van der Waals surface area contributed by atoms with E-state index in [1.807, 2.05) is 28.8 Å².